The minimum Gasteiger partial charge on any atom is -0.462 e. The zero-order chi connectivity index (χ0) is 12.7. The van der Waals surface area contributed by atoms with Crippen molar-refractivity contribution in [3.8, 4) is 0 Å². The number of thioether (sulfide) groups is 1. The monoisotopic (exact) mass is 256 g/mol. The van der Waals surface area contributed by atoms with Gasteiger partial charge in [-0.25, -0.2) is 14.8 Å². The first-order chi connectivity index (χ1) is 8.22. The molecule has 5 nitrogen and oxygen atoms in total. The summed E-state index contributed by atoms with van der Waals surface area (Å²) in [5, 5.41) is 0.643. The van der Waals surface area contributed by atoms with Crippen LogP contribution >= 0.6 is 11.8 Å². The highest BCUT2D eigenvalue weighted by Gasteiger charge is 2.15. The van der Waals surface area contributed by atoms with Crippen LogP contribution in [-0.4, -0.2) is 42.5 Å². The third-order valence-corrected chi connectivity index (χ3v) is 2.63. The number of nitrogens with zero attached hydrogens (tertiary/aromatic N) is 2. The molecule has 0 bridgehead atoms. The second kappa shape index (κ2) is 7.24. The zero-order valence-electron chi connectivity index (χ0n) is 10.2. The average molecular weight is 256 g/mol. The lowest BCUT2D eigenvalue weighted by Crippen LogP contribution is -2.12. The third-order valence-electron chi connectivity index (χ3n) is 2.07. The SMILES string of the molecule is CCOC(=O)c1cnc(SC)nc1CCOC. The van der Waals surface area contributed by atoms with Crippen LogP contribution in [0.1, 0.15) is 23.0 Å². The zero-order valence-corrected chi connectivity index (χ0v) is 11.0. The van der Waals surface area contributed by atoms with Gasteiger partial charge in [-0.1, -0.05) is 11.8 Å². The molecule has 0 spiro atoms. The molecule has 17 heavy (non-hydrogen) atoms. The van der Waals surface area contributed by atoms with Gasteiger partial charge in [0.05, 0.1) is 24.5 Å². The van der Waals surface area contributed by atoms with E-state index in [-0.39, 0.29) is 5.97 Å². The van der Waals surface area contributed by atoms with Crippen LogP contribution in [0.2, 0.25) is 0 Å². The Bertz CT molecular complexity index is 385. The van der Waals surface area contributed by atoms with Crippen LogP contribution in [0.3, 0.4) is 0 Å². The largest absolute Gasteiger partial charge is 0.462 e. The normalized spacial score (nSPS) is 10.3. The Balaban J connectivity index is 2.97. The molecular formula is C11H16N2O3S. The van der Waals surface area contributed by atoms with Crippen molar-refractivity contribution in [3.63, 3.8) is 0 Å². The van der Waals surface area contributed by atoms with E-state index < -0.39 is 0 Å². The molecule has 0 atom stereocenters. The second-order valence-electron chi connectivity index (χ2n) is 3.18. The quantitative estimate of drug-likeness (QED) is 0.437. The molecule has 0 aliphatic carbocycles. The van der Waals surface area contributed by atoms with E-state index in [0.717, 1.165) is 0 Å². The lowest BCUT2D eigenvalue weighted by molar-refractivity contribution is 0.0523. The minimum absolute atomic E-state index is 0.340. The van der Waals surface area contributed by atoms with E-state index in [4.69, 9.17) is 9.47 Å². The summed E-state index contributed by atoms with van der Waals surface area (Å²) >= 11 is 1.44. The molecular weight excluding hydrogens is 240 g/mol. The van der Waals surface area contributed by atoms with Crippen LogP contribution in [0.5, 0.6) is 0 Å². The Kier molecular flexibility index (Phi) is 5.93. The first-order valence-corrected chi connectivity index (χ1v) is 6.51. The van der Waals surface area contributed by atoms with Crippen molar-refractivity contribution < 1.29 is 14.3 Å². The van der Waals surface area contributed by atoms with Gasteiger partial charge in [0.2, 0.25) is 0 Å². The maximum atomic E-state index is 11.7. The summed E-state index contributed by atoms with van der Waals surface area (Å²) in [6.45, 7) is 2.62. The van der Waals surface area contributed by atoms with Gasteiger partial charge in [-0.05, 0) is 13.2 Å². The van der Waals surface area contributed by atoms with E-state index in [1.54, 1.807) is 14.0 Å². The number of methoxy groups -OCH3 is 1. The topological polar surface area (TPSA) is 61.3 Å². The van der Waals surface area contributed by atoms with E-state index in [2.05, 4.69) is 9.97 Å². The Morgan fingerprint density at radius 2 is 2.29 bits per heavy atom. The fraction of sp³-hybridized carbons (Fsp3) is 0.545. The summed E-state index contributed by atoms with van der Waals surface area (Å²) in [4.78, 5) is 20.1. The molecule has 0 aliphatic rings. The average Bonchev–Trinajstić information content (AvgIpc) is 2.36. The molecule has 0 N–H and O–H groups in total. The maximum absolute atomic E-state index is 11.7. The molecule has 0 unspecified atom stereocenters. The highest BCUT2D eigenvalue weighted by atomic mass is 32.2. The van der Waals surface area contributed by atoms with Crippen LogP contribution in [0.15, 0.2) is 11.4 Å². The molecule has 1 rings (SSSR count). The van der Waals surface area contributed by atoms with E-state index in [1.165, 1.54) is 18.0 Å². The summed E-state index contributed by atoms with van der Waals surface area (Å²) in [6.07, 6.45) is 3.97. The number of carbonyl (C=O) groups excluding carboxylic acids is 1. The molecule has 0 saturated carbocycles. The number of hydrogen-bond donors (Lipinski definition) is 0. The summed E-state index contributed by atoms with van der Waals surface area (Å²) in [5.74, 6) is -0.383. The summed E-state index contributed by atoms with van der Waals surface area (Å²) in [7, 11) is 1.61. The second-order valence-corrected chi connectivity index (χ2v) is 3.95. The van der Waals surface area contributed by atoms with Gasteiger partial charge < -0.3 is 9.47 Å². The van der Waals surface area contributed by atoms with Crippen molar-refractivity contribution in [2.75, 3.05) is 26.6 Å². The highest BCUT2D eigenvalue weighted by Crippen LogP contribution is 2.13. The number of aromatic nitrogens is 2. The Morgan fingerprint density at radius 3 is 2.88 bits per heavy atom. The van der Waals surface area contributed by atoms with E-state index in [1.807, 2.05) is 6.26 Å². The number of hydrogen-bond acceptors (Lipinski definition) is 6. The van der Waals surface area contributed by atoms with Gasteiger partial charge >= 0.3 is 5.97 Å². The maximum Gasteiger partial charge on any atom is 0.341 e. The van der Waals surface area contributed by atoms with E-state index in [0.29, 0.717) is 36.0 Å². The first kappa shape index (κ1) is 13.9. The van der Waals surface area contributed by atoms with Gasteiger partial charge in [-0.15, -0.1) is 0 Å². The van der Waals surface area contributed by atoms with Crippen LogP contribution < -0.4 is 0 Å². The fourth-order valence-corrected chi connectivity index (χ4v) is 1.63. The molecule has 0 saturated heterocycles. The van der Waals surface area contributed by atoms with Gasteiger partial charge in [-0.2, -0.15) is 0 Å². The van der Waals surface area contributed by atoms with Crippen LogP contribution in [0.4, 0.5) is 0 Å². The van der Waals surface area contributed by atoms with Crippen molar-refractivity contribution in [2.45, 2.75) is 18.5 Å². The van der Waals surface area contributed by atoms with Crippen molar-refractivity contribution >= 4 is 17.7 Å². The van der Waals surface area contributed by atoms with Gasteiger partial charge in [0.1, 0.15) is 0 Å². The van der Waals surface area contributed by atoms with Gasteiger partial charge in [-0.3, -0.25) is 0 Å². The van der Waals surface area contributed by atoms with Crippen molar-refractivity contribution in [1.82, 2.24) is 9.97 Å². The molecule has 0 amide bonds. The molecule has 0 radical (unpaired) electrons. The molecule has 0 aliphatic heterocycles. The summed E-state index contributed by atoms with van der Waals surface area (Å²) in [6, 6.07) is 0. The number of esters is 1. The number of ether oxygens (including phenoxy) is 2. The van der Waals surface area contributed by atoms with Crippen molar-refractivity contribution in [3.05, 3.63) is 17.5 Å². The van der Waals surface area contributed by atoms with Crippen molar-refractivity contribution in [2.24, 2.45) is 0 Å². The lowest BCUT2D eigenvalue weighted by Gasteiger charge is -2.08. The van der Waals surface area contributed by atoms with Gasteiger partial charge in [0.15, 0.2) is 5.16 Å². The predicted octanol–water partition coefficient (Wildman–Crippen LogP) is 1.56. The molecule has 1 aromatic heterocycles. The number of carbonyl (C=O) groups is 1. The van der Waals surface area contributed by atoms with E-state index in [9.17, 15) is 4.79 Å². The smallest absolute Gasteiger partial charge is 0.341 e. The first-order valence-electron chi connectivity index (χ1n) is 5.28. The van der Waals surface area contributed by atoms with E-state index >= 15 is 0 Å². The molecule has 1 aromatic rings. The number of rotatable bonds is 6. The van der Waals surface area contributed by atoms with Crippen LogP contribution in [0, 0.1) is 0 Å². The highest BCUT2D eigenvalue weighted by molar-refractivity contribution is 7.98. The summed E-state index contributed by atoms with van der Waals surface area (Å²) in [5.41, 5.74) is 1.09. The molecule has 0 aromatic carbocycles. The Morgan fingerprint density at radius 1 is 1.53 bits per heavy atom. The summed E-state index contributed by atoms with van der Waals surface area (Å²) < 4.78 is 9.95. The van der Waals surface area contributed by atoms with Crippen LogP contribution in [-0.2, 0) is 15.9 Å². The van der Waals surface area contributed by atoms with Gasteiger partial charge in [0.25, 0.3) is 0 Å². The van der Waals surface area contributed by atoms with Gasteiger partial charge in [0, 0.05) is 19.7 Å². The van der Waals surface area contributed by atoms with Crippen LogP contribution in [0.25, 0.3) is 0 Å². The minimum atomic E-state index is -0.383. The molecule has 0 fully saturated rings. The molecule has 6 heteroatoms. The Labute approximate surface area is 105 Å². The Hall–Kier alpha value is -1.14. The lowest BCUT2D eigenvalue weighted by atomic mass is 10.2. The predicted molar refractivity (Wildman–Crippen MR) is 65.3 cm³/mol. The standard InChI is InChI=1S/C11H16N2O3S/c1-4-16-10(14)8-7-12-11(17-3)13-9(8)5-6-15-2/h7H,4-6H2,1-3H3. The fourth-order valence-electron chi connectivity index (χ4n) is 1.27. The molecule has 1 heterocycles. The third kappa shape index (κ3) is 3.98. The van der Waals surface area contributed by atoms with Crippen molar-refractivity contribution in [1.29, 1.82) is 0 Å². The molecule has 94 valence electrons.